The second-order valence-electron chi connectivity index (χ2n) is 3.71. The van der Waals surface area contributed by atoms with Gasteiger partial charge in [-0.1, -0.05) is 0 Å². The molecule has 0 atom stereocenters. The van der Waals surface area contributed by atoms with Gasteiger partial charge in [0.25, 0.3) is 0 Å². The van der Waals surface area contributed by atoms with Crippen LogP contribution in [0, 0.1) is 6.92 Å². The molecule has 76 valence electrons. The number of nitrogens with zero attached hydrogens (tertiary/aromatic N) is 2. The molecule has 1 aliphatic carbocycles. The monoisotopic (exact) mass is 192 g/mol. The van der Waals surface area contributed by atoms with Crippen molar-refractivity contribution in [3.63, 3.8) is 0 Å². The highest BCUT2D eigenvalue weighted by Crippen LogP contribution is 2.41. The van der Waals surface area contributed by atoms with Gasteiger partial charge in [0.15, 0.2) is 0 Å². The highest BCUT2D eigenvalue weighted by molar-refractivity contribution is 5.49. The smallest absolute Gasteiger partial charge is 0.125 e. The normalized spacial score (nSPS) is 15.6. The van der Waals surface area contributed by atoms with Gasteiger partial charge in [-0.25, -0.2) is 9.97 Å². The molecule has 1 heterocycles. The van der Waals surface area contributed by atoms with Gasteiger partial charge in [-0.15, -0.1) is 0 Å². The van der Waals surface area contributed by atoms with Crippen molar-refractivity contribution < 1.29 is 0 Å². The Labute approximate surface area is 83.9 Å². The van der Waals surface area contributed by atoms with Crippen LogP contribution in [-0.4, -0.2) is 23.1 Å². The van der Waals surface area contributed by atoms with E-state index in [0.29, 0.717) is 12.5 Å². The third-order valence-corrected chi connectivity index (χ3v) is 2.36. The summed E-state index contributed by atoms with van der Waals surface area (Å²) in [5.41, 5.74) is 7.68. The SMILES string of the molecule is Cc1ncc(NCCN)c(C2CC2)n1. The van der Waals surface area contributed by atoms with Crippen molar-refractivity contribution in [3.05, 3.63) is 17.7 Å². The van der Waals surface area contributed by atoms with Crippen LogP contribution in [0.3, 0.4) is 0 Å². The highest BCUT2D eigenvalue weighted by atomic mass is 15.0. The second-order valence-corrected chi connectivity index (χ2v) is 3.71. The summed E-state index contributed by atoms with van der Waals surface area (Å²) in [6.07, 6.45) is 4.38. The van der Waals surface area contributed by atoms with E-state index in [2.05, 4.69) is 15.3 Å². The third-order valence-electron chi connectivity index (χ3n) is 2.36. The molecule has 2 rings (SSSR count). The van der Waals surface area contributed by atoms with Crippen molar-refractivity contribution in [2.24, 2.45) is 5.73 Å². The Morgan fingerprint density at radius 3 is 3.00 bits per heavy atom. The van der Waals surface area contributed by atoms with Crippen LogP contribution in [0.25, 0.3) is 0 Å². The largest absolute Gasteiger partial charge is 0.381 e. The van der Waals surface area contributed by atoms with Gasteiger partial charge in [-0.3, -0.25) is 0 Å². The van der Waals surface area contributed by atoms with E-state index in [9.17, 15) is 0 Å². The van der Waals surface area contributed by atoms with Crippen LogP contribution in [0.15, 0.2) is 6.20 Å². The van der Waals surface area contributed by atoms with Gasteiger partial charge >= 0.3 is 0 Å². The van der Waals surface area contributed by atoms with Crippen molar-refractivity contribution in [1.82, 2.24) is 9.97 Å². The van der Waals surface area contributed by atoms with Gasteiger partial charge < -0.3 is 11.1 Å². The lowest BCUT2D eigenvalue weighted by Gasteiger charge is -2.09. The van der Waals surface area contributed by atoms with Gasteiger partial charge in [0, 0.05) is 19.0 Å². The Kier molecular flexibility index (Phi) is 2.63. The van der Waals surface area contributed by atoms with Crippen LogP contribution in [0.5, 0.6) is 0 Å². The van der Waals surface area contributed by atoms with E-state index in [1.165, 1.54) is 18.5 Å². The van der Waals surface area contributed by atoms with E-state index in [0.717, 1.165) is 18.1 Å². The van der Waals surface area contributed by atoms with E-state index >= 15 is 0 Å². The van der Waals surface area contributed by atoms with E-state index < -0.39 is 0 Å². The van der Waals surface area contributed by atoms with Crippen LogP contribution in [0.1, 0.15) is 30.3 Å². The van der Waals surface area contributed by atoms with Crippen molar-refractivity contribution >= 4 is 5.69 Å². The summed E-state index contributed by atoms with van der Waals surface area (Å²) in [6.45, 7) is 3.35. The van der Waals surface area contributed by atoms with Gasteiger partial charge in [0.2, 0.25) is 0 Å². The topological polar surface area (TPSA) is 63.8 Å². The first-order valence-corrected chi connectivity index (χ1v) is 5.08. The Bertz CT molecular complexity index is 320. The highest BCUT2D eigenvalue weighted by Gasteiger charge is 2.27. The number of nitrogens with two attached hydrogens (primary N) is 1. The first-order chi connectivity index (χ1) is 6.81. The van der Waals surface area contributed by atoms with Crippen molar-refractivity contribution in [2.75, 3.05) is 18.4 Å². The first kappa shape index (κ1) is 9.40. The first-order valence-electron chi connectivity index (χ1n) is 5.08. The molecule has 1 saturated carbocycles. The zero-order chi connectivity index (χ0) is 9.97. The maximum atomic E-state index is 5.44. The minimum atomic E-state index is 0.637. The minimum absolute atomic E-state index is 0.637. The quantitative estimate of drug-likeness (QED) is 0.748. The molecule has 3 N–H and O–H groups in total. The standard InChI is InChI=1S/C10H16N4/c1-7-13-6-9(12-5-4-11)10(14-7)8-2-3-8/h6,8,12H,2-5,11H2,1H3. The maximum Gasteiger partial charge on any atom is 0.125 e. The summed E-state index contributed by atoms with van der Waals surface area (Å²) in [7, 11) is 0. The van der Waals surface area contributed by atoms with Gasteiger partial charge in [0.1, 0.15) is 5.82 Å². The molecule has 0 aromatic carbocycles. The minimum Gasteiger partial charge on any atom is -0.381 e. The van der Waals surface area contributed by atoms with Crippen LogP contribution >= 0.6 is 0 Å². The Morgan fingerprint density at radius 2 is 2.36 bits per heavy atom. The van der Waals surface area contributed by atoms with Crippen LogP contribution < -0.4 is 11.1 Å². The lowest BCUT2D eigenvalue weighted by molar-refractivity contribution is 0.926. The predicted octanol–water partition coefficient (Wildman–Crippen LogP) is 1.03. The zero-order valence-electron chi connectivity index (χ0n) is 8.45. The molecule has 1 fully saturated rings. The average Bonchev–Trinajstić information content (AvgIpc) is 2.99. The van der Waals surface area contributed by atoms with E-state index in [-0.39, 0.29) is 0 Å². The maximum absolute atomic E-state index is 5.44. The van der Waals surface area contributed by atoms with Crippen molar-refractivity contribution in [3.8, 4) is 0 Å². The molecule has 0 unspecified atom stereocenters. The number of aromatic nitrogens is 2. The van der Waals surface area contributed by atoms with Gasteiger partial charge in [-0.2, -0.15) is 0 Å². The molecule has 0 radical (unpaired) electrons. The van der Waals surface area contributed by atoms with Crippen molar-refractivity contribution in [1.29, 1.82) is 0 Å². The fraction of sp³-hybridized carbons (Fsp3) is 0.600. The summed E-state index contributed by atoms with van der Waals surface area (Å²) in [4.78, 5) is 8.66. The Morgan fingerprint density at radius 1 is 1.57 bits per heavy atom. The molecular weight excluding hydrogens is 176 g/mol. The number of hydrogen-bond acceptors (Lipinski definition) is 4. The molecule has 0 amide bonds. The van der Waals surface area contributed by atoms with E-state index in [1.807, 2.05) is 13.1 Å². The lowest BCUT2D eigenvalue weighted by atomic mass is 10.2. The average molecular weight is 192 g/mol. The zero-order valence-corrected chi connectivity index (χ0v) is 8.45. The van der Waals surface area contributed by atoms with Crippen LogP contribution in [-0.2, 0) is 0 Å². The molecule has 4 heteroatoms. The van der Waals surface area contributed by atoms with Gasteiger partial charge in [0.05, 0.1) is 17.6 Å². The fourth-order valence-electron chi connectivity index (χ4n) is 1.50. The second kappa shape index (κ2) is 3.92. The molecule has 0 spiro atoms. The Balaban J connectivity index is 2.19. The van der Waals surface area contributed by atoms with Gasteiger partial charge in [-0.05, 0) is 19.8 Å². The number of anilines is 1. The fourth-order valence-corrected chi connectivity index (χ4v) is 1.50. The third kappa shape index (κ3) is 2.01. The number of aryl methyl sites for hydroxylation is 1. The molecule has 0 aliphatic heterocycles. The summed E-state index contributed by atoms with van der Waals surface area (Å²) in [6, 6.07) is 0. The van der Waals surface area contributed by atoms with Crippen molar-refractivity contribution in [2.45, 2.75) is 25.7 Å². The summed E-state index contributed by atoms with van der Waals surface area (Å²) in [5, 5.41) is 3.26. The van der Waals surface area contributed by atoms with Crippen LogP contribution in [0.2, 0.25) is 0 Å². The lowest BCUT2D eigenvalue weighted by Crippen LogP contribution is -2.15. The number of hydrogen-bond donors (Lipinski definition) is 2. The molecule has 14 heavy (non-hydrogen) atoms. The summed E-state index contributed by atoms with van der Waals surface area (Å²) >= 11 is 0. The predicted molar refractivity (Wildman–Crippen MR) is 56.3 cm³/mol. The molecular formula is C10H16N4. The number of nitrogens with one attached hydrogen (secondary N) is 1. The van der Waals surface area contributed by atoms with Crippen LogP contribution in [0.4, 0.5) is 5.69 Å². The molecule has 1 aromatic heterocycles. The molecule has 1 aliphatic rings. The molecule has 4 nitrogen and oxygen atoms in total. The summed E-state index contributed by atoms with van der Waals surface area (Å²) in [5.74, 6) is 1.50. The summed E-state index contributed by atoms with van der Waals surface area (Å²) < 4.78 is 0. The molecule has 0 saturated heterocycles. The van der Waals surface area contributed by atoms with E-state index in [1.54, 1.807) is 0 Å². The Hall–Kier alpha value is -1.16. The van der Waals surface area contributed by atoms with E-state index in [4.69, 9.17) is 5.73 Å². The molecule has 1 aromatic rings. The molecule has 0 bridgehead atoms. The number of rotatable bonds is 4.